The molecule has 1 unspecified atom stereocenters. The third-order valence-corrected chi connectivity index (χ3v) is 3.20. The lowest BCUT2D eigenvalue weighted by molar-refractivity contribution is 0.560. The molecule has 1 aromatic heterocycles. The summed E-state index contributed by atoms with van der Waals surface area (Å²) < 4.78 is 13.8. The van der Waals surface area contributed by atoms with E-state index >= 15 is 0 Å². The quantitative estimate of drug-likeness (QED) is 0.888. The average molecular weight is 258 g/mol. The van der Waals surface area contributed by atoms with Crippen LogP contribution in [0.1, 0.15) is 36.2 Å². The number of hydrogen-bond donors (Lipinski definition) is 1. The van der Waals surface area contributed by atoms with Crippen molar-refractivity contribution in [3.05, 3.63) is 65.2 Å². The maximum atomic E-state index is 13.8. The molecule has 0 fully saturated rings. The summed E-state index contributed by atoms with van der Waals surface area (Å²) in [6, 6.07) is 11.1. The minimum Gasteiger partial charge on any atom is -0.308 e. The molecule has 0 radical (unpaired) electrons. The van der Waals surface area contributed by atoms with Gasteiger partial charge in [0.25, 0.3) is 0 Å². The van der Waals surface area contributed by atoms with Crippen LogP contribution in [0.2, 0.25) is 0 Å². The van der Waals surface area contributed by atoms with Crippen LogP contribution in [0, 0.1) is 5.82 Å². The minimum atomic E-state index is -0.278. The SMILES string of the molecule is CCCc1ccc(C(NC)c2ncccc2F)cc1. The monoisotopic (exact) mass is 258 g/mol. The Morgan fingerprint density at radius 2 is 1.95 bits per heavy atom. The molecule has 19 heavy (non-hydrogen) atoms. The number of halogens is 1. The second-order valence-corrected chi connectivity index (χ2v) is 4.58. The van der Waals surface area contributed by atoms with Crippen LogP contribution in [0.15, 0.2) is 42.6 Å². The number of nitrogens with zero attached hydrogens (tertiary/aromatic N) is 1. The summed E-state index contributed by atoms with van der Waals surface area (Å²) in [4.78, 5) is 4.15. The van der Waals surface area contributed by atoms with Gasteiger partial charge in [-0.15, -0.1) is 0 Å². The van der Waals surface area contributed by atoms with Gasteiger partial charge in [0, 0.05) is 6.20 Å². The first-order chi connectivity index (χ1) is 9.26. The van der Waals surface area contributed by atoms with E-state index < -0.39 is 0 Å². The van der Waals surface area contributed by atoms with Gasteiger partial charge in [0.15, 0.2) is 0 Å². The number of aromatic nitrogens is 1. The van der Waals surface area contributed by atoms with Gasteiger partial charge in [-0.1, -0.05) is 37.6 Å². The molecule has 0 amide bonds. The van der Waals surface area contributed by atoms with Crippen molar-refractivity contribution in [3.63, 3.8) is 0 Å². The van der Waals surface area contributed by atoms with Crippen LogP contribution in [0.4, 0.5) is 4.39 Å². The average Bonchev–Trinajstić information content (AvgIpc) is 2.44. The molecule has 0 spiro atoms. The molecular formula is C16H19FN2. The van der Waals surface area contributed by atoms with E-state index in [-0.39, 0.29) is 11.9 Å². The fraction of sp³-hybridized carbons (Fsp3) is 0.312. The van der Waals surface area contributed by atoms with E-state index in [4.69, 9.17) is 0 Å². The lowest BCUT2D eigenvalue weighted by Crippen LogP contribution is -2.20. The molecule has 2 rings (SSSR count). The van der Waals surface area contributed by atoms with Crippen molar-refractivity contribution in [3.8, 4) is 0 Å². The highest BCUT2D eigenvalue weighted by atomic mass is 19.1. The third kappa shape index (κ3) is 3.18. The van der Waals surface area contributed by atoms with Crippen molar-refractivity contribution in [2.24, 2.45) is 0 Å². The number of aryl methyl sites for hydroxylation is 1. The minimum absolute atomic E-state index is 0.211. The van der Waals surface area contributed by atoms with Gasteiger partial charge in [0.1, 0.15) is 5.82 Å². The van der Waals surface area contributed by atoms with Gasteiger partial charge in [-0.2, -0.15) is 0 Å². The molecule has 0 saturated carbocycles. The van der Waals surface area contributed by atoms with Gasteiger partial charge < -0.3 is 5.32 Å². The van der Waals surface area contributed by atoms with Gasteiger partial charge in [0.2, 0.25) is 0 Å². The summed E-state index contributed by atoms with van der Waals surface area (Å²) in [5.74, 6) is -0.278. The predicted octanol–water partition coefficient (Wildman–Crippen LogP) is 3.48. The van der Waals surface area contributed by atoms with Gasteiger partial charge in [-0.3, -0.25) is 4.98 Å². The zero-order valence-corrected chi connectivity index (χ0v) is 11.4. The molecule has 2 nitrogen and oxygen atoms in total. The van der Waals surface area contributed by atoms with Gasteiger partial charge in [-0.25, -0.2) is 4.39 Å². The Morgan fingerprint density at radius 1 is 1.21 bits per heavy atom. The van der Waals surface area contributed by atoms with Crippen LogP contribution >= 0.6 is 0 Å². The lowest BCUT2D eigenvalue weighted by atomic mass is 10.00. The molecule has 1 atom stereocenters. The van der Waals surface area contributed by atoms with E-state index in [1.165, 1.54) is 11.6 Å². The molecular weight excluding hydrogens is 239 g/mol. The Morgan fingerprint density at radius 3 is 2.53 bits per heavy atom. The summed E-state index contributed by atoms with van der Waals surface area (Å²) >= 11 is 0. The number of pyridine rings is 1. The maximum absolute atomic E-state index is 13.8. The molecule has 2 aromatic rings. The molecule has 100 valence electrons. The van der Waals surface area contributed by atoms with Crippen molar-refractivity contribution in [2.45, 2.75) is 25.8 Å². The largest absolute Gasteiger partial charge is 0.308 e. The van der Waals surface area contributed by atoms with Gasteiger partial charge >= 0.3 is 0 Å². The van der Waals surface area contributed by atoms with E-state index in [9.17, 15) is 4.39 Å². The highest BCUT2D eigenvalue weighted by Gasteiger charge is 2.17. The Hall–Kier alpha value is -1.74. The third-order valence-electron chi connectivity index (χ3n) is 3.20. The number of rotatable bonds is 5. The molecule has 0 bridgehead atoms. The highest BCUT2D eigenvalue weighted by Crippen LogP contribution is 2.22. The van der Waals surface area contributed by atoms with Crippen LogP contribution < -0.4 is 5.32 Å². The lowest BCUT2D eigenvalue weighted by Gasteiger charge is -2.17. The topological polar surface area (TPSA) is 24.9 Å². The number of hydrogen-bond acceptors (Lipinski definition) is 2. The Labute approximate surface area is 113 Å². The first-order valence-corrected chi connectivity index (χ1v) is 6.62. The standard InChI is InChI=1S/C16H19FN2/c1-3-5-12-7-9-13(10-8-12)15(18-2)16-14(17)6-4-11-19-16/h4,6-11,15,18H,3,5H2,1-2H3. The van der Waals surface area contributed by atoms with E-state index in [2.05, 4.69) is 29.4 Å². The first-order valence-electron chi connectivity index (χ1n) is 6.62. The van der Waals surface area contributed by atoms with Crippen LogP contribution in [0.5, 0.6) is 0 Å². The van der Waals surface area contributed by atoms with E-state index in [1.807, 2.05) is 19.2 Å². The predicted molar refractivity (Wildman–Crippen MR) is 75.5 cm³/mol. The normalized spacial score (nSPS) is 12.4. The molecule has 1 aromatic carbocycles. The maximum Gasteiger partial charge on any atom is 0.146 e. The molecule has 1 heterocycles. The Bertz CT molecular complexity index is 523. The van der Waals surface area contributed by atoms with Crippen molar-refractivity contribution in [1.29, 1.82) is 0 Å². The summed E-state index contributed by atoms with van der Waals surface area (Å²) in [7, 11) is 1.82. The second kappa shape index (κ2) is 6.43. The zero-order valence-electron chi connectivity index (χ0n) is 11.4. The van der Waals surface area contributed by atoms with Crippen LogP contribution in [-0.4, -0.2) is 12.0 Å². The zero-order chi connectivity index (χ0) is 13.7. The fourth-order valence-electron chi connectivity index (χ4n) is 2.24. The molecule has 0 aliphatic heterocycles. The summed E-state index contributed by atoms with van der Waals surface area (Å²) in [6.45, 7) is 2.16. The number of nitrogens with one attached hydrogen (secondary N) is 1. The van der Waals surface area contributed by atoms with Crippen molar-refractivity contribution >= 4 is 0 Å². The van der Waals surface area contributed by atoms with Crippen LogP contribution in [-0.2, 0) is 6.42 Å². The van der Waals surface area contributed by atoms with E-state index in [1.54, 1.807) is 12.3 Å². The van der Waals surface area contributed by atoms with E-state index in [0.717, 1.165) is 18.4 Å². The van der Waals surface area contributed by atoms with Crippen LogP contribution in [0.3, 0.4) is 0 Å². The fourth-order valence-corrected chi connectivity index (χ4v) is 2.24. The molecule has 1 N–H and O–H groups in total. The molecule has 3 heteroatoms. The summed E-state index contributed by atoms with van der Waals surface area (Å²) in [5, 5.41) is 3.12. The van der Waals surface area contributed by atoms with Crippen LogP contribution in [0.25, 0.3) is 0 Å². The first kappa shape index (κ1) is 13.7. The van der Waals surface area contributed by atoms with Gasteiger partial charge in [-0.05, 0) is 36.7 Å². The van der Waals surface area contributed by atoms with Crippen molar-refractivity contribution in [2.75, 3.05) is 7.05 Å². The Kier molecular flexibility index (Phi) is 4.63. The second-order valence-electron chi connectivity index (χ2n) is 4.58. The van der Waals surface area contributed by atoms with Gasteiger partial charge in [0.05, 0.1) is 11.7 Å². The van der Waals surface area contributed by atoms with E-state index in [0.29, 0.717) is 5.69 Å². The van der Waals surface area contributed by atoms with Crippen molar-refractivity contribution < 1.29 is 4.39 Å². The summed E-state index contributed by atoms with van der Waals surface area (Å²) in [5.41, 5.74) is 2.77. The highest BCUT2D eigenvalue weighted by molar-refractivity contribution is 5.31. The molecule has 0 aliphatic rings. The summed E-state index contributed by atoms with van der Waals surface area (Å²) in [6.07, 6.45) is 3.82. The molecule has 0 saturated heterocycles. The number of benzene rings is 1. The van der Waals surface area contributed by atoms with Crippen molar-refractivity contribution in [1.82, 2.24) is 10.3 Å². The Balaban J connectivity index is 2.29. The molecule has 0 aliphatic carbocycles. The smallest absolute Gasteiger partial charge is 0.146 e.